The van der Waals surface area contributed by atoms with Crippen molar-refractivity contribution in [3.05, 3.63) is 65.5 Å². The minimum atomic E-state index is -3.54. The lowest BCUT2D eigenvalue weighted by Crippen LogP contribution is -2.28. The molecule has 2 aromatic rings. The molecule has 0 aliphatic rings. The SMILES string of the molecule is CC(NS(=O)(=O)Cc1cccc(N)c1)c1cccc(F)c1. The third kappa shape index (κ3) is 4.54. The van der Waals surface area contributed by atoms with E-state index in [1.165, 1.54) is 12.1 Å². The molecule has 1 atom stereocenters. The van der Waals surface area contributed by atoms with Crippen LogP contribution in [0.15, 0.2) is 48.5 Å². The van der Waals surface area contributed by atoms with Gasteiger partial charge in [0.15, 0.2) is 0 Å². The topological polar surface area (TPSA) is 72.2 Å². The lowest BCUT2D eigenvalue weighted by molar-refractivity contribution is 0.563. The number of benzene rings is 2. The first-order valence-electron chi connectivity index (χ1n) is 6.45. The van der Waals surface area contributed by atoms with Crippen molar-refractivity contribution in [3.63, 3.8) is 0 Å². The second-order valence-electron chi connectivity index (χ2n) is 4.90. The number of nitrogens with one attached hydrogen (secondary N) is 1. The number of sulfonamides is 1. The van der Waals surface area contributed by atoms with Crippen molar-refractivity contribution in [1.82, 2.24) is 4.72 Å². The molecule has 2 rings (SSSR count). The molecule has 0 fully saturated rings. The maximum Gasteiger partial charge on any atom is 0.216 e. The Labute approximate surface area is 123 Å². The van der Waals surface area contributed by atoms with Gasteiger partial charge in [-0.2, -0.15) is 0 Å². The molecule has 0 bridgehead atoms. The normalized spacial score (nSPS) is 13.0. The molecule has 0 spiro atoms. The van der Waals surface area contributed by atoms with Gasteiger partial charge in [0.2, 0.25) is 10.0 Å². The third-order valence-electron chi connectivity index (χ3n) is 3.01. The maximum absolute atomic E-state index is 13.2. The first-order valence-corrected chi connectivity index (χ1v) is 8.11. The van der Waals surface area contributed by atoms with Crippen molar-refractivity contribution >= 4 is 15.7 Å². The van der Waals surface area contributed by atoms with Crippen molar-refractivity contribution in [2.24, 2.45) is 0 Å². The van der Waals surface area contributed by atoms with Crippen LogP contribution in [-0.2, 0) is 15.8 Å². The highest BCUT2D eigenvalue weighted by atomic mass is 32.2. The zero-order valence-electron chi connectivity index (χ0n) is 11.6. The fourth-order valence-corrected chi connectivity index (χ4v) is 3.43. The summed E-state index contributed by atoms with van der Waals surface area (Å²) < 4.78 is 40.0. The molecule has 6 heteroatoms. The number of halogens is 1. The van der Waals surface area contributed by atoms with Crippen LogP contribution in [0.5, 0.6) is 0 Å². The standard InChI is InChI=1S/C15H17FN2O2S/c1-11(13-5-3-6-14(16)9-13)18-21(19,20)10-12-4-2-7-15(17)8-12/h2-9,11,18H,10,17H2,1H3. The second kappa shape index (κ2) is 6.24. The van der Waals surface area contributed by atoms with Gasteiger partial charge in [0.05, 0.1) is 5.75 Å². The molecule has 21 heavy (non-hydrogen) atoms. The Bertz CT molecular complexity index is 732. The van der Waals surface area contributed by atoms with Crippen LogP contribution < -0.4 is 10.5 Å². The Morgan fingerprint density at radius 2 is 1.90 bits per heavy atom. The Morgan fingerprint density at radius 3 is 2.57 bits per heavy atom. The van der Waals surface area contributed by atoms with E-state index in [1.807, 2.05) is 0 Å². The van der Waals surface area contributed by atoms with E-state index in [-0.39, 0.29) is 5.75 Å². The van der Waals surface area contributed by atoms with Gasteiger partial charge in [0, 0.05) is 11.7 Å². The van der Waals surface area contributed by atoms with Gasteiger partial charge in [-0.15, -0.1) is 0 Å². The molecule has 0 radical (unpaired) electrons. The van der Waals surface area contributed by atoms with Crippen molar-refractivity contribution in [3.8, 4) is 0 Å². The molecule has 0 saturated heterocycles. The summed E-state index contributed by atoms with van der Waals surface area (Å²) in [5.74, 6) is -0.563. The lowest BCUT2D eigenvalue weighted by Gasteiger charge is -2.15. The first kappa shape index (κ1) is 15.5. The van der Waals surface area contributed by atoms with Crippen molar-refractivity contribution < 1.29 is 12.8 Å². The van der Waals surface area contributed by atoms with E-state index in [0.717, 1.165) is 0 Å². The molecule has 0 aliphatic carbocycles. The number of nitrogen functional groups attached to an aromatic ring is 1. The summed E-state index contributed by atoms with van der Waals surface area (Å²) in [5, 5.41) is 0. The zero-order valence-corrected chi connectivity index (χ0v) is 12.4. The van der Waals surface area contributed by atoms with Gasteiger partial charge in [-0.1, -0.05) is 24.3 Å². The fraction of sp³-hybridized carbons (Fsp3) is 0.200. The quantitative estimate of drug-likeness (QED) is 0.834. The predicted octanol–water partition coefficient (Wildman–Crippen LogP) is 2.59. The van der Waals surface area contributed by atoms with Crippen LogP contribution >= 0.6 is 0 Å². The van der Waals surface area contributed by atoms with Gasteiger partial charge in [0.25, 0.3) is 0 Å². The summed E-state index contributed by atoms with van der Waals surface area (Å²) in [5.41, 5.74) is 7.32. The highest BCUT2D eigenvalue weighted by Crippen LogP contribution is 2.16. The van der Waals surface area contributed by atoms with Crippen LogP contribution in [0.3, 0.4) is 0 Å². The minimum absolute atomic E-state index is 0.169. The molecule has 112 valence electrons. The largest absolute Gasteiger partial charge is 0.399 e. The summed E-state index contributed by atoms with van der Waals surface area (Å²) in [6.45, 7) is 1.67. The van der Waals surface area contributed by atoms with E-state index in [1.54, 1.807) is 43.3 Å². The van der Waals surface area contributed by atoms with E-state index in [2.05, 4.69) is 4.72 Å². The van der Waals surface area contributed by atoms with Crippen LogP contribution in [0.25, 0.3) is 0 Å². The van der Waals surface area contributed by atoms with Crippen LogP contribution in [0, 0.1) is 5.82 Å². The fourth-order valence-electron chi connectivity index (χ4n) is 2.06. The summed E-state index contributed by atoms with van der Waals surface area (Å²) in [6, 6.07) is 12.1. The average molecular weight is 308 g/mol. The van der Waals surface area contributed by atoms with Gasteiger partial charge < -0.3 is 5.73 Å². The molecule has 4 nitrogen and oxygen atoms in total. The first-order chi connectivity index (χ1) is 9.85. The van der Waals surface area contributed by atoms with Crippen molar-refractivity contribution in [2.45, 2.75) is 18.7 Å². The monoisotopic (exact) mass is 308 g/mol. The number of rotatable bonds is 5. The van der Waals surface area contributed by atoms with Crippen molar-refractivity contribution in [2.75, 3.05) is 5.73 Å². The summed E-state index contributed by atoms with van der Waals surface area (Å²) in [4.78, 5) is 0. The van der Waals surface area contributed by atoms with E-state index in [0.29, 0.717) is 16.8 Å². The van der Waals surface area contributed by atoms with Crippen LogP contribution in [-0.4, -0.2) is 8.42 Å². The predicted molar refractivity (Wildman–Crippen MR) is 81.4 cm³/mol. The van der Waals surface area contributed by atoms with Crippen LogP contribution in [0.4, 0.5) is 10.1 Å². The molecular weight excluding hydrogens is 291 g/mol. The molecule has 0 heterocycles. The van der Waals surface area contributed by atoms with Crippen LogP contribution in [0.1, 0.15) is 24.1 Å². The van der Waals surface area contributed by atoms with Gasteiger partial charge in [-0.05, 0) is 42.3 Å². The smallest absolute Gasteiger partial charge is 0.216 e. The van der Waals surface area contributed by atoms with Gasteiger partial charge in [0.1, 0.15) is 5.82 Å². The van der Waals surface area contributed by atoms with E-state index in [4.69, 9.17) is 5.73 Å². The zero-order chi connectivity index (χ0) is 15.5. The van der Waals surface area contributed by atoms with Gasteiger partial charge >= 0.3 is 0 Å². The van der Waals surface area contributed by atoms with Crippen molar-refractivity contribution in [1.29, 1.82) is 0 Å². The Morgan fingerprint density at radius 1 is 1.19 bits per heavy atom. The number of anilines is 1. The van der Waals surface area contributed by atoms with Crippen LogP contribution in [0.2, 0.25) is 0 Å². The minimum Gasteiger partial charge on any atom is -0.399 e. The average Bonchev–Trinajstić information content (AvgIpc) is 2.37. The second-order valence-corrected chi connectivity index (χ2v) is 6.65. The highest BCUT2D eigenvalue weighted by Gasteiger charge is 2.17. The Hall–Kier alpha value is -1.92. The molecule has 0 aliphatic heterocycles. The maximum atomic E-state index is 13.2. The molecule has 1 unspecified atom stereocenters. The number of hydrogen-bond acceptors (Lipinski definition) is 3. The molecule has 3 N–H and O–H groups in total. The van der Waals surface area contributed by atoms with E-state index in [9.17, 15) is 12.8 Å². The van der Waals surface area contributed by atoms with Gasteiger partial charge in [-0.3, -0.25) is 0 Å². The summed E-state index contributed by atoms with van der Waals surface area (Å²) >= 11 is 0. The molecule has 0 amide bonds. The Kier molecular flexibility index (Phi) is 4.59. The highest BCUT2D eigenvalue weighted by molar-refractivity contribution is 7.88. The molecular formula is C15H17FN2O2S. The number of nitrogens with two attached hydrogens (primary N) is 1. The Balaban J connectivity index is 2.10. The lowest BCUT2D eigenvalue weighted by atomic mass is 10.1. The van der Waals surface area contributed by atoms with Gasteiger partial charge in [-0.25, -0.2) is 17.5 Å². The summed E-state index contributed by atoms with van der Waals surface area (Å²) in [6.07, 6.45) is 0. The third-order valence-corrected chi connectivity index (χ3v) is 4.44. The molecule has 0 saturated carbocycles. The molecule has 0 aromatic heterocycles. The van der Waals surface area contributed by atoms with E-state index < -0.39 is 21.9 Å². The van der Waals surface area contributed by atoms with E-state index >= 15 is 0 Å². The number of hydrogen-bond donors (Lipinski definition) is 2. The molecule has 2 aromatic carbocycles. The summed E-state index contributed by atoms with van der Waals surface area (Å²) in [7, 11) is -3.54.